The van der Waals surface area contributed by atoms with E-state index in [-0.39, 0.29) is 48.4 Å². The number of hydrogen-bond donors (Lipinski definition) is 1. The molecule has 6 nitrogen and oxygen atoms in total. The minimum Gasteiger partial charge on any atom is -0.462 e. The zero-order valence-corrected chi connectivity index (χ0v) is 18.8. The van der Waals surface area contributed by atoms with E-state index in [9.17, 15) is 13.2 Å². The van der Waals surface area contributed by atoms with E-state index >= 15 is 0 Å². The maximum Gasteiger partial charge on any atom is 0.342 e. The number of esters is 1. The first kappa shape index (κ1) is 22.1. The van der Waals surface area contributed by atoms with Crippen LogP contribution in [0.4, 0.5) is 5.69 Å². The number of nitrogens with one attached hydrogen (secondary N) is 1. The molecule has 0 aliphatic rings. The first-order chi connectivity index (χ1) is 13.5. The molecule has 29 heavy (non-hydrogen) atoms. The summed E-state index contributed by atoms with van der Waals surface area (Å²) in [5.41, 5.74) is 0.496. The molecule has 0 fully saturated rings. The van der Waals surface area contributed by atoms with Crippen molar-refractivity contribution in [2.24, 2.45) is 0 Å². The van der Waals surface area contributed by atoms with Gasteiger partial charge >= 0.3 is 5.97 Å². The molecule has 0 saturated carbocycles. The van der Waals surface area contributed by atoms with Crippen LogP contribution in [0.25, 0.3) is 11.0 Å². The summed E-state index contributed by atoms with van der Waals surface area (Å²) in [4.78, 5) is 12.0. The Balaban J connectivity index is 2.10. The summed E-state index contributed by atoms with van der Waals surface area (Å²) in [5, 5.41) is 0.462. The van der Waals surface area contributed by atoms with Crippen molar-refractivity contribution in [3.05, 3.63) is 55.7 Å². The van der Waals surface area contributed by atoms with Crippen LogP contribution < -0.4 is 4.72 Å². The van der Waals surface area contributed by atoms with Gasteiger partial charge in [0.25, 0.3) is 10.0 Å². The highest BCUT2D eigenvalue weighted by Crippen LogP contribution is 2.36. The van der Waals surface area contributed by atoms with Gasteiger partial charge < -0.3 is 9.15 Å². The number of carbonyl (C=O) groups excluding carboxylic acids is 1. The molecule has 3 rings (SSSR count). The number of benzene rings is 2. The van der Waals surface area contributed by atoms with Gasteiger partial charge in [0.15, 0.2) is 5.58 Å². The predicted octanol–water partition coefficient (Wildman–Crippen LogP) is 6.33. The molecule has 1 heterocycles. The van der Waals surface area contributed by atoms with Gasteiger partial charge in [0.2, 0.25) is 0 Å². The second-order valence-electron chi connectivity index (χ2n) is 5.89. The second-order valence-corrected chi connectivity index (χ2v) is 9.17. The third-order valence-electron chi connectivity index (χ3n) is 3.92. The fraction of sp³-hybridized carbons (Fsp3) is 0.167. The van der Waals surface area contributed by atoms with Crippen LogP contribution in [0.1, 0.15) is 23.0 Å². The summed E-state index contributed by atoms with van der Waals surface area (Å²) in [5.74, 6) is -0.305. The molecule has 1 aromatic heterocycles. The number of furan rings is 1. The summed E-state index contributed by atoms with van der Waals surface area (Å²) in [7, 11) is -4.14. The average Bonchev–Trinajstić information content (AvgIpc) is 2.94. The Labute approximate surface area is 186 Å². The maximum atomic E-state index is 12.8. The number of carbonyl (C=O) groups is 1. The van der Waals surface area contributed by atoms with Crippen LogP contribution in [0, 0.1) is 6.92 Å². The summed E-state index contributed by atoms with van der Waals surface area (Å²) in [6, 6.07) is 5.15. The van der Waals surface area contributed by atoms with Gasteiger partial charge in [0.1, 0.15) is 16.2 Å². The van der Waals surface area contributed by atoms with Crippen LogP contribution in [-0.2, 0) is 14.8 Å². The van der Waals surface area contributed by atoms with Crippen molar-refractivity contribution in [2.45, 2.75) is 18.7 Å². The lowest BCUT2D eigenvalue weighted by atomic mass is 10.1. The maximum absolute atomic E-state index is 12.8. The Morgan fingerprint density at radius 3 is 2.34 bits per heavy atom. The predicted molar refractivity (Wildman–Crippen MR) is 114 cm³/mol. The van der Waals surface area contributed by atoms with E-state index in [0.29, 0.717) is 11.1 Å². The highest BCUT2D eigenvalue weighted by molar-refractivity contribution is 7.92. The molecule has 0 radical (unpaired) electrons. The summed E-state index contributed by atoms with van der Waals surface area (Å²) < 4.78 is 38.6. The normalized spacial score (nSPS) is 11.7. The van der Waals surface area contributed by atoms with Gasteiger partial charge in [0, 0.05) is 5.39 Å². The average molecular weight is 497 g/mol. The highest BCUT2D eigenvalue weighted by atomic mass is 35.5. The molecular formula is C18H13Cl4NO5S. The van der Waals surface area contributed by atoms with E-state index in [0.717, 1.165) is 6.07 Å². The molecule has 0 amide bonds. The molecule has 3 aromatic rings. The zero-order chi connectivity index (χ0) is 21.5. The molecule has 0 saturated heterocycles. The van der Waals surface area contributed by atoms with Crippen molar-refractivity contribution in [3.63, 3.8) is 0 Å². The highest BCUT2D eigenvalue weighted by Gasteiger charge is 2.24. The Bertz CT molecular complexity index is 1240. The fourth-order valence-electron chi connectivity index (χ4n) is 2.71. The number of fused-ring (bicyclic) bond motifs is 1. The lowest BCUT2D eigenvalue weighted by molar-refractivity contribution is 0.0526. The summed E-state index contributed by atoms with van der Waals surface area (Å²) >= 11 is 24.0. The smallest absolute Gasteiger partial charge is 0.342 e. The molecule has 0 atom stereocenters. The molecule has 154 valence electrons. The van der Waals surface area contributed by atoms with Gasteiger partial charge in [-0.25, -0.2) is 13.2 Å². The zero-order valence-electron chi connectivity index (χ0n) is 15.0. The van der Waals surface area contributed by atoms with E-state index in [1.165, 1.54) is 18.2 Å². The third kappa shape index (κ3) is 4.29. The van der Waals surface area contributed by atoms with E-state index in [1.807, 2.05) is 0 Å². The van der Waals surface area contributed by atoms with E-state index in [2.05, 4.69) is 4.72 Å². The minimum atomic E-state index is -4.14. The van der Waals surface area contributed by atoms with Crippen LogP contribution >= 0.6 is 46.4 Å². The fourth-order valence-corrected chi connectivity index (χ4v) is 5.01. The lowest BCUT2D eigenvalue weighted by Gasteiger charge is -2.11. The van der Waals surface area contributed by atoms with Crippen LogP contribution in [0.5, 0.6) is 0 Å². The van der Waals surface area contributed by atoms with Crippen molar-refractivity contribution < 1.29 is 22.4 Å². The van der Waals surface area contributed by atoms with Crippen LogP contribution in [-0.4, -0.2) is 21.0 Å². The van der Waals surface area contributed by atoms with Gasteiger partial charge in [-0.2, -0.15) is 0 Å². The number of sulfonamides is 1. The van der Waals surface area contributed by atoms with Crippen molar-refractivity contribution in [2.75, 3.05) is 11.3 Å². The number of anilines is 1. The molecule has 11 heteroatoms. The molecule has 0 aliphatic carbocycles. The molecule has 0 spiro atoms. The third-order valence-corrected chi connectivity index (χ3v) is 6.77. The Morgan fingerprint density at radius 2 is 1.69 bits per heavy atom. The van der Waals surface area contributed by atoms with Gasteiger partial charge in [0.05, 0.1) is 32.4 Å². The largest absolute Gasteiger partial charge is 0.462 e. The second kappa shape index (κ2) is 8.24. The van der Waals surface area contributed by atoms with Crippen molar-refractivity contribution >= 4 is 79.1 Å². The molecule has 0 aliphatic heterocycles. The number of hydrogen-bond acceptors (Lipinski definition) is 5. The first-order valence-electron chi connectivity index (χ1n) is 8.12. The van der Waals surface area contributed by atoms with Crippen molar-refractivity contribution in [1.82, 2.24) is 0 Å². The Kier molecular flexibility index (Phi) is 6.27. The summed E-state index contributed by atoms with van der Waals surface area (Å²) in [6.45, 7) is 3.42. The number of rotatable bonds is 5. The van der Waals surface area contributed by atoms with Crippen LogP contribution in [0.3, 0.4) is 0 Å². The molecule has 2 aromatic carbocycles. The first-order valence-corrected chi connectivity index (χ1v) is 11.1. The van der Waals surface area contributed by atoms with E-state index < -0.39 is 16.0 Å². The Hall–Kier alpha value is -1.64. The quantitative estimate of drug-likeness (QED) is 0.329. The monoisotopic (exact) mass is 495 g/mol. The molecular weight excluding hydrogens is 484 g/mol. The van der Waals surface area contributed by atoms with Gasteiger partial charge in [-0.15, -0.1) is 0 Å². The summed E-state index contributed by atoms with van der Waals surface area (Å²) in [6.07, 6.45) is 0. The minimum absolute atomic E-state index is 0.0278. The number of aryl methyl sites for hydroxylation is 1. The number of ether oxygens (including phenoxy) is 1. The molecule has 1 N–H and O–H groups in total. The van der Waals surface area contributed by atoms with E-state index in [4.69, 9.17) is 55.6 Å². The molecule has 0 unspecified atom stereocenters. The topological polar surface area (TPSA) is 85.6 Å². The van der Waals surface area contributed by atoms with Gasteiger partial charge in [-0.1, -0.05) is 46.4 Å². The standard InChI is InChI=1S/C18H13Cl4NO5S/c1-3-27-18(24)16-8(2)28-17-10(16)4-9(5-14(17)22)23-29(25,26)15-7-12(20)11(19)6-13(15)21/h4-7,23H,3H2,1-2H3. The molecule has 0 bridgehead atoms. The van der Waals surface area contributed by atoms with Crippen LogP contribution in [0.15, 0.2) is 33.6 Å². The van der Waals surface area contributed by atoms with Crippen molar-refractivity contribution in [1.29, 1.82) is 0 Å². The number of halogens is 4. The SMILES string of the molecule is CCOC(=O)c1c(C)oc2c(Cl)cc(NS(=O)(=O)c3cc(Cl)c(Cl)cc3Cl)cc12. The van der Waals surface area contributed by atoms with Crippen molar-refractivity contribution in [3.8, 4) is 0 Å². The Morgan fingerprint density at radius 1 is 1.03 bits per heavy atom. The van der Waals surface area contributed by atoms with Crippen LogP contribution in [0.2, 0.25) is 20.1 Å². The lowest BCUT2D eigenvalue weighted by Crippen LogP contribution is -2.13. The van der Waals surface area contributed by atoms with Gasteiger partial charge in [-0.3, -0.25) is 4.72 Å². The van der Waals surface area contributed by atoms with Gasteiger partial charge in [-0.05, 0) is 38.1 Å². The van der Waals surface area contributed by atoms with E-state index in [1.54, 1.807) is 13.8 Å².